The van der Waals surface area contributed by atoms with Crippen molar-refractivity contribution in [1.82, 2.24) is 15.3 Å². The normalized spacial score (nSPS) is 20.9. The van der Waals surface area contributed by atoms with Gasteiger partial charge in [0.15, 0.2) is 0 Å². The lowest BCUT2D eigenvalue weighted by molar-refractivity contribution is -0.125. The van der Waals surface area contributed by atoms with Crippen LogP contribution in [0.15, 0.2) is 24.5 Å². The highest BCUT2D eigenvalue weighted by Crippen LogP contribution is 2.34. The molecular weight excluding hydrogens is 282 g/mol. The van der Waals surface area contributed by atoms with E-state index in [4.69, 9.17) is 4.98 Å². The zero-order valence-corrected chi connectivity index (χ0v) is 12.5. The highest BCUT2D eigenvalue weighted by atomic mass is 32.1. The second-order valence-electron chi connectivity index (χ2n) is 5.85. The first-order valence-corrected chi connectivity index (χ1v) is 8.30. The zero-order chi connectivity index (χ0) is 14.2. The van der Waals surface area contributed by atoms with Gasteiger partial charge in [-0.3, -0.25) is 9.78 Å². The Morgan fingerprint density at radius 1 is 1.33 bits per heavy atom. The smallest absolute Gasteiger partial charge is 0.223 e. The molecule has 0 saturated heterocycles. The molecule has 2 aromatic rings. The molecule has 2 aliphatic carbocycles. The third-order valence-corrected chi connectivity index (χ3v) is 5.31. The van der Waals surface area contributed by atoms with Crippen LogP contribution in [0.3, 0.4) is 0 Å². The van der Waals surface area contributed by atoms with Crippen LogP contribution >= 0.6 is 11.3 Å². The number of amides is 1. The summed E-state index contributed by atoms with van der Waals surface area (Å²) in [5.74, 6) is 0.361. The number of aromatic nitrogens is 2. The van der Waals surface area contributed by atoms with Crippen LogP contribution in [-0.4, -0.2) is 21.9 Å². The van der Waals surface area contributed by atoms with Crippen molar-refractivity contribution in [3.63, 3.8) is 0 Å². The lowest BCUT2D eigenvalue weighted by Gasteiger charge is -2.20. The van der Waals surface area contributed by atoms with E-state index in [0.29, 0.717) is 6.04 Å². The lowest BCUT2D eigenvalue weighted by Crippen LogP contribution is -2.35. The van der Waals surface area contributed by atoms with Crippen molar-refractivity contribution in [2.45, 2.75) is 38.1 Å². The number of nitrogens with zero attached hydrogens (tertiary/aromatic N) is 2. The van der Waals surface area contributed by atoms with Gasteiger partial charge in [-0.25, -0.2) is 4.98 Å². The molecule has 2 aromatic heterocycles. The van der Waals surface area contributed by atoms with Gasteiger partial charge in [0.05, 0.1) is 5.69 Å². The monoisotopic (exact) mass is 299 g/mol. The molecule has 1 unspecified atom stereocenters. The van der Waals surface area contributed by atoms with Gasteiger partial charge in [0, 0.05) is 34.8 Å². The highest BCUT2D eigenvalue weighted by molar-refractivity contribution is 7.15. The first kappa shape index (κ1) is 13.0. The van der Waals surface area contributed by atoms with E-state index in [1.807, 2.05) is 18.3 Å². The fraction of sp³-hybridized carbons (Fsp3) is 0.438. The standard InChI is InChI=1S/C16H17N3OS/c20-15(18-12-4-5-12)10-3-6-13-14(8-10)21-16(19-13)11-2-1-7-17-9-11/h1-2,7,9-10,12H,3-6,8H2,(H,18,20). The summed E-state index contributed by atoms with van der Waals surface area (Å²) >= 11 is 1.71. The van der Waals surface area contributed by atoms with E-state index >= 15 is 0 Å². The number of carbonyl (C=O) groups is 1. The summed E-state index contributed by atoms with van der Waals surface area (Å²) < 4.78 is 0. The predicted octanol–water partition coefficient (Wildman–Crippen LogP) is 2.59. The van der Waals surface area contributed by atoms with E-state index in [2.05, 4.69) is 10.3 Å². The molecule has 0 bridgehead atoms. The summed E-state index contributed by atoms with van der Waals surface area (Å²) in [6.45, 7) is 0. The van der Waals surface area contributed by atoms with Crippen molar-refractivity contribution in [2.75, 3.05) is 0 Å². The summed E-state index contributed by atoms with van der Waals surface area (Å²) in [6, 6.07) is 4.42. The molecule has 1 atom stereocenters. The van der Waals surface area contributed by atoms with Gasteiger partial charge in [-0.1, -0.05) is 0 Å². The van der Waals surface area contributed by atoms with Gasteiger partial charge >= 0.3 is 0 Å². The minimum atomic E-state index is 0.125. The molecule has 1 amide bonds. The van der Waals surface area contributed by atoms with E-state index < -0.39 is 0 Å². The van der Waals surface area contributed by atoms with Crippen LogP contribution in [0.4, 0.5) is 0 Å². The van der Waals surface area contributed by atoms with E-state index in [9.17, 15) is 4.79 Å². The van der Waals surface area contributed by atoms with Crippen LogP contribution in [0.5, 0.6) is 0 Å². The molecular formula is C16H17N3OS. The Morgan fingerprint density at radius 3 is 3.00 bits per heavy atom. The summed E-state index contributed by atoms with van der Waals surface area (Å²) in [6.07, 6.45) is 8.59. The van der Waals surface area contributed by atoms with Gasteiger partial charge in [0.1, 0.15) is 5.01 Å². The Bertz CT molecular complexity index is 663. The molecule has 0 radical (unpaired) electrons. The van der Waals surface area contributed by atoms with Crippen molar-refractivity contribution in [1.29, 1.82) is 0 Å². The summed E-state index contributed by atoms with van der Waals surface area (Å²) in [7, 11) is 0. The molecule has 0 aromatic carbocycles. The number of hydrogen-bond donors (Lipinski definition) is 1. The Kier molecular flexibility index (Phi) is 3.22. The van der Waals surface area contributed by atoms with Crippen LogP contribution in [0, 0.1) is 5.92 Å². The van der Waals surface area contributed by atoms with Gasteiger partial charge < -0.3 is 5.32 Å². The molecule has 108 valence electrons. The number of nitrogens with one attached hydrogen (secondary N) is 1. The number of hydrogen-bond acceptors (Lipinski definition) is 4. The molecule has 2 aliphatic rings. The lowest BCUT2D eigenvalue weighted by atomic mass is 9.90. The van der Waals surface area contributed by atoms with Crippen molar-refractivity contribution in [2.24, 2.45) is 5.92 Å². The van der Waals surface area contributed by atoms with Crippen molar-refractivity contribution in [3.05, 3.63) is 35.1 Å². The largest absolute Gasteiger partial charge is 0.353 e. The molecule has 5 heteroatoms. The van der Waals surface area contributed by atoms with Crippen LogP contribution in [-0.2, 0) is 17.6 Å². The zero-order valence-electron chi connectivity index (χ0n) is 11.7. The number of carbonyl (C=O) groups excluding carboxylic acids is 1. The summed E-state index contributed by atoms with van der Waals surface area (Å²) in [4.78, 5) is 22.4. The van der Waals surface area contributed by atoms with Crippen molar-refractivity contribution in [3.8, 4) is 10.6 Å². The SMILES string of the molecule is O=C(NC1CC1)C1CCc2nc(-c3cccnc3)sc2C1. The maximum Gasteiger partial charge on any atom is 0.223 e. The highest BCUT2D eigenvalue weighted by Gasteiger charge is 2.31. The minimum Gasteiger partial charge on any atom is -0.353 e. The van der Waals surface area contributed by atoms with Gasteiger partial charge in [0.2, 0.25) is 5.91 Å². The molecule has 0 spiro atoms. The molecule has 4 rings (SSSR count). The number of rotatable bonds is 3. The number of fused-ring (bicyclic) bond motifs is 1. The van der Waals surface area contributed by atoms with Gasteiger partial charge in [-0.15, -0.1) is 11.3 Å². The van der Waals surface area contributed by atoms with E-state index in [1.54, 1.807) is 17.5 Å². The van der Waals surface area contributed by atoms with Gasteiger partial charge in [-0.2, -0.15) is 0 Å². The number of thiazole rings is 1. The van der Waals surface area contributed by atoms with Gasteiger partial charge in [0.25, 0.3) is 0 Å². The van der Waals surface area contributed by atoms with Crippen LogP contribution in [0.2, 0.25) is 0 Å². The maximum atomic E-state index is 12.2. The van der Waals surface area contributed by atoms with Crippen LogP contribution < -0.4 is 5.32 Å². The molecule has 0 aliphatic heterocycles. The Balaban J connectivity index is 1.52. The third kappa shape index (κ3) is 2.70. The number of pyridine rings is 1. The molecule has 21 heavy (non-hydrogen) atoms. The second-order valence-corrected chi connectivity index (χ2v) is 6.94. The van der Waals surface area contributed by atoms with Crippen molar-refractivity contribution < 1.29 is 4.79 Å². The molecule has 1 fully saturated rings. The van der Waals surface area contributed by atoms with Crippen LogP contribution in [0.25, 0.3) is 10.6 Å². The minimum absolute atomic E-state index is 0.125. The quantitative estimate of drug-likeness (QED) is 0.948. The fourth-order valence-corrected chi connectivity index (χ4v) is 3.94. The molecule has 1 N–H and O–H groups in total. The molecule has 1 saturated carbocycles. The summed E-state index contributed by atoms with van der Waals surface area (Å²) in [5.41, 5.74) is 2.24. The van der Waals surface area contributed by atoms with E-state index in [-0.39, 0.29) is 11.8 Å². The molecule has 4 nitrogen and oxygen atoms in total. The Labute approximate surface area is 127 Å². The predicted molar refractivity (Wildman–Crippen MR) is 82.0 cm³/mol. The average molecular weight is 299 g/mol. The van der Waals surface area contributed by atoms with E-state index in [0.717, 1.165) is 42.7 Å². The average Bonchev–Trinajstić information content (AvgIpc) is 3.23. The van der Waals surface area contributed by atoms with Crippen molar-refractivity contribution >= 4 is 17.2 Å². The maximum absolute atomic E-state index is 12.2. The molecule has 2 heterocycles. The van der Waals surface area contributed by atoms with Crippen LogP contribution in [0.1, 0.15) is 29.8 Å². The van der Waals surface area contributed by atoms with E-state index in [1.165, 1.54) is 10.6 Å². The number of aryl methyl sites for hydroxylation is 1. The Morgan fingerprint density at radius 2 is 2.24 bits per heavy atom. The first-order valence-electron chi connectivity index (χ1n) is 7.49. The second kappa shape index (κ2) is 5.22. The Hall–Kier alpha value is -1.75. The van der Waals surface area contributed by atoms with Gasteiger partial charge in [-0.05, 0) is 44.2 Å². The summed E-state index contributed by atoms with van der Waals surface area (Å²) in [5, 5.41) is 4.15. The fourth-order valence-electron chi connectivity index (χ4n) is 2.76. The third-order valence-electron chi connectivity index (χ3n) is 4.14. The topological polar surface area (TPSA) is 54.9 Å². The first-order chi connectivity index (χ1) is 10.3.